The Hall–Kier alpha value is -2.48. The lowest BCUT2D eigenvalue weighted by atomic mass is 9.66. The summed E-state index contributed by atoms with van der Waals surface area (Å²) >= 11 is 0. The van der Waals surface area contributed by atoms with Crippen molar-refractivity contribution in [1.82, 2.24) is 0 Å². The minimum absolute atomic E-state index is 0.0756. The second kappa shape index (κ2) is 8.02. The van der Waals surface area contributed by atoms with Crippen molar-refractivity contribution in [2.45, 2.75) is 56.0 Å². The molecule has 2 bridgehead atoms. The van der Waals surface area contributed by atoms with E-state index in [0.29, 0.717) is 24.0 Å². The van der Waals surface area contributed by atoms with E-state index in [1.54, 1.807) is 0 Å². The smallest absolute Gasteiger partial charge is 0.372 e. The fraction of sp³-hybridized carbons (Fsp3) is 0.429. The largest absolute Gasteiger partial charge is 0.534 e. The summed E-state index contributed by atoms with van der Waals surface area (Å²) in [5.41, 5.74) is -7.03. The molecular weight excluding hydrogens is 526 g/mol. The van der Waals surface area contributed by atoms with Crippen LogP contribution in [0.3, 0.4) is 0 Å². The van der Waals surface area contributed by atoms with Crippen LogP contribution in [0.25, 0.3) is 0 Å². The van der Waals surface area contributed by atoms with Crippen LogP contribution in [0, 0.1) is 13.8 Å². The van der Waals surface area contributed by atoms with Crippen LogP contribution in [0.15, 0.2) is 24.3 Å². The Kier molecular flexibility index (Phi) is 5.86. The van der Waals surface area contributed by atoms with Crippen LogP contribution in [-0.4, -0.2) is 27.9 Å². The molecule has 0 saturated heterocycles. The lowest BCUT2D eigenvalue weighted by Gasteiger charge is -2.38. The van der Waals surface area contributed by atoms with E-state index in [2.05, 4.69) is 8.37 Å². The maximum Gasteiger partial charge on any atom is 0.534 e. The van der Waals surface area contributed by atoms with E-state index in [0.717, 1.165) is 34.4 Å². The number of halogens is 6. The molecule has 0 N–H and O–H groups in total. The Morgan fingerprint density at radius 3 is 1.57 bits per heavy atom. The van der Waals surface area contributed by atoms with Crippen molar-refractivity contribution in [2.24, 2.45) is 0 Å². The molecule has 0 amide bonds. The van der Waals surface area contributed by atoms with Crippen LogP contribution in [0.1, 0.15) is 51.6 Å². The van der Waals surface area contributed by atoms with Crippen molar-refractivity contribution in [3.63, 3.8) is 0 Å². The van der Waals surface area contributed by atoms with E-state index in [9.17, 15) is 43.2 Å². The zero-order chi connectivity index (χ0) is 26.1. The zero-order valence-electron chi connectivity index (χ0n) is 18.1. The molecular formula is C21H18F6O6S2. The second-order valence-electron chi connectivity index (χ2n) is 8.64. The maximum absolute atomic E-state index is 12.9. The summed E-state index contributed by atoms with van der Waals surface area (Å²) < 4.78 is 132. The Labute approximate surface area is 197 Å². The van der Waals surface area contributed by atoms with E-state index >= 15 is 0 Å². The summed E-state index contributed by atoms with van der Waals surface area (Å²) in [7, 11) is -12.7. The average Bonchev–Trinajstić information content (AvgIpc) is 2.68. The summed E-state index contributed by atoms with van der Waals surface area (Å²) in [5.74, 6) is -2.97. The Morgan fingerprint density at radius 2 is 1.09 bits per heavy atom. The first kappa shape index (κ1) is 25.6. The maximum atomic E-state index is 12.9. The van der Waals surface area contributed by atoms with Crippen molar-refractivity contribution in [2.75, 3.05) is 0 Å². The van der Waals surface area contributed by atoms with E-state index in [1.165, 1.54) is 0 Å². The lowest BCUT2D eigenvalue weighted by Crippen LogP contribution is -2.31. The normalized spacial score (nSPS) is 20.1. The molecule has 2 aromatic carbocycles. The number of rotatable bonds is 4. The number of hydrogen-bond donors (Lipinski definition) is 0. The van der Waals surface area contributed by atoms with Crippen molar-refractivity contribution in [3.8, 4) is 11.5 Å². The van der Waals surface area contributed by atoms with Crippen LogP contribution < -0.4 is 8.37 Å². The third kappa shape index (κ3) is 4.57. The van der Waals surface area contributed by atoms with E-state index < -0.39 is 42.8 Å². The molecule has 0 heterocycles. The number of aryl methyl sites for hydroxylation is 2. The molecule has 0 radical (unpaired) electrons. The standard InChI is InChI=1S/C21H18F6O6S2/c1-10-3-12-5-14-6-13(16(12)4-11(10)2)7-15-8-18(32-34(28,29)20(22,23)24)19(9-17(14)15)33-35(30,31)21(25,26)27/h3-4,8-9,13-14H,5-7H2,1-2H3. The summed E-state index contributed by atoms with van der Waals surface area (Å²) in [4.78, 5) is 0. The highest BCUT2D eigenvalue weighted by Crippen LogP contribution is 2.50. The third-order valence-corrected chi connectivity index (χ3v) is 8.24. The van der Waals surface area contributed by atoms with Crippen molar-refractivity contribution in [3.05, 3.63) is 57.6 Å². The first-order chi connectivity index (χ1) is 15.9. The Morgan fingerprint density at radius 1 is 0.686 bits per heavy atom. The van der Waals surface area contributed by atoms with E-state index in [1.807, 2.05) is 26.0 Å². The first-order valence-corrected chi connectivity index (χ1v) is 13.0. The lowest BCUT2D eigenvalue weighted by molar-refractivity contribution is -0.0513. The van der Waals surface area contributed by atoms with Crippen LogP contribution in [0.4, 0.5) is 26.3 Å². The molecule has 192 valence electrons. The topological polar surface area (TPSA) is 86.7 Å². The van der Waals surface area contributed by atoms with Gasteiger partial charge in [0.15, 0.2) is 11.5 Å². The first-order valence-electron chi connectivity index (χ1n) is 10.2. The molecule has 4 rings (SSSR count). The number of hydrogen-bond acceptors (Lipinski definition) is 6. The zero-order valence-corrected chi connectivity index (χ0v) is 19.8. The van der Waals surface area contributed by atoms with Gasteiger partial charge in [-0.15, -0.1) is 0 Å². The molecule has 0 aliphatic heterocycles. The van der Waals surface area contributed by atoms with Gasteiger partial charge in [-0.3, -0.25) is 0 Å². The Bertz CT molecular complexity index is 1410. The molecule has 6 nitrogen and oxygen atoms in total. The fourth-order valence-corrected chi connectivity index (χ4v) is 5.53. The molecule has 0 aromatic heterocycles. The molecule has 0 spiro atoms. The van der Waals surface area contributed by atoms with Gasteiger partial charge in [0.1, 0.15) is 0 Å². The molecule has 0 fully saturated rings. The minimum atomic E-state index is -6.33. The van der Waals surface area contributed by atoms with E-state index in [-0.39, 0.29) is 18.3 Å². The highest BCUT2D eigenvalue weighted by molar-refractivity contribution is 7.88. The highest BCUT2D eigenvalue weighted by Gasteiger charge is 2.51. The van der Waals surface area contributed by atoms with Gasteiger partial charge in [0.05, 0.1) is 0 Å². The van der Waals surface area contributed by atoms with Gasteiger partial charge in [-0.25, -0.2) is 0 Å². The molecule has 35 heavy (non-hydrogen) atoms. The number of benzene rings is 2. The van der Waals surface area contributed by atoms with Gasteiger partial charge in [-0.1, -0.05) is 12.1 Å². The van der Waals surface area contributed by atoms with Crippen LogP contribution in [-0.2, 0) is 33.1 Å². The molecule has 14 heteroatoms. The van der Waals surface area contributed by atoms with Gasteiger partial charge in [-0.05, 0) is 90.5 Å². The second-order valence-corrected chi connectivity index (χ2v) is 11.7. The molecule has 2 aliphatic carbocycles. The average molecular weight is 544 g/mol. The fourth-order valence-electron chi connectivity index (χ4n) is 4.61. The summed E-state index contributed by atoms with van der Waals surface area (Å²) in [6.45, 7) is 3.85. The van der Waals surface area contributed by atoms with Crippen molar-refractivity contribution >= 4 is 20.2 Å². The van der Waals surface area contributed by atoms with Gasteiger partial charge >= 0.3 is 31.3 Å². The van der Waals surface area contributed by atoms with Gasteiger partial charge in [0.2, 0.25) is 0 Å². The monoisotopic (exact) mass is 544 g/mol. The minimum Gasteiger partial charge on any atom is -0.372 e. The van der Waals surface area contributed by atoms with Crippen molar-refractivity contribution in [1.29, 1.82) is 0 Å². The highest BCUT2D eigenvalue weighted by atomic mass is 32.2. The summed E-state index contributed by atoms with van der Waals surface area (Å²) in [5, 5.41) is 0. The van der Waals surface area contributed by atoms with Gasteiger partial charge in [0.25, 0.3) is 0 Å². The summed E-state index contributed by atoms with van der Waals surface area (Å²) in [6, 6.07) is 5.64. The Balaban J connectivity index is 1.83. The third-order valence-electron chi connectivity index (χ3n) is 6.31. The summed E-state index contributed by atoms with van der Waals surface area (Å²) in [6.07, 6.45) is 1.25. The quantitative estimate of drug-likeness (QED) is 0.301. The van der Waals surface area contributed by atoms with Crippen LogP contribution in [0.2, 0.25) is 0 Å². The molecule has 2 aromatic rings. The van der Waals surface area contributed by atoms with Gasteiger partial charge in [0, 0.05) is 0 Å². The number of fused-ring (bicyclic) bond motifs is 6. The predicted molar refractivity (Wildman–Crippen MR) is 111 cm³/mol. The van der Waals surface area contributed by atoms with Gasteiger partial charge in [-0.2, -0.15) is 43.2 Å². The molecule has 2 aliphatic rings. The van der Waals surface area contributed by atoms with Crippen molar-refractivity contribution < 1.29 is 51.5 Å². The predicted octanol–water partition coefficient (Wildman–Crippen LogP) is 5.13. The van der Waals surface area contributed by atoms with Gasteiger partial charge < -0.3 is 8.37 Å². The molecule has 0 saturated carbocycles. The van der Waals surface area contributed by atoms with Crippen LogP contribution in [0.5, 0.6) is 11.5 Å². The molecule has 2 unspecified atom stereocenters. The SMILES string of the molecule is Cc1cc2c(cc1C)C1Cc3cc(OS(=O)(=O)C(F)(F)F)c(OS(=O)(=O)C(F)(F)F)cc3C(C2)C1. The molecule has 2 atom stereocenters. The number of alkyl halides is 6. The van der Waals surface area contributed by atoms with Crippen LogP contribution >= 0.6 is 0 Å². The van der Waals surface area contributed by atoms with E-state index in [4.69, 9.17) is 0 Å².